The molecule has 0 spiro atoms. The van der Waals surface area contributed by atoms with Crippen LogP contribution in [0.15, 0.2) is 22.9 Å². The monoisotopic (exact) mass is 302 g/mol. The maximum atomic E-state index is 12.1. The fourth-order valence-corrected chi connectivity index (χ4v) is 2.19. The van der Waals surface area contributed by atoms with E-state index in [1.807, 2.05) is 6.92 Å². The molecule has 1 fully saturated rings. The molecular weight excluding hydrogens is 288 g/mol. The summed E-state index contributed by atoms with van der Waals surface area (Å²) in [6, 6.07) is 2.36. The van der Waals surface area contributed by atoms with Crippen LogP contribution in [-0.2, 0) is 11.2 Å². The van der Waals surface area contributed by atoms with Gasteiger partial charge in [0, 0.05) is 12.7 Å². The normalized spacial score (nSPS) is 17.9. The highest BCUT2D eigenvalue weighted by Crippen LogP contribution is 2.15. The summed E-state index contributed by atoms with van der Waals surface area (Å²) in [7, 11) is 0. The molecule has 0 bridgehead atoms. The third-order valence-corrected chi connectivity index (χ3v) is 3.20. The Morgan fingerprint density at radius 1 is 1.41 bits per heavy atom. The third kappa shape index (κ3) is 2.65. The van der Waals surface area contributed by atoms with E-state index in [2.05, 4.69) is 25.7 Å². The van der Waals surface area contributed by atoms with Crippen molar-refractivity contribution in [3.05, 3.63) is 24.2 Å². The molecule has 0 aliphatic carbocycles. The van der Waals surface area contributed by atoms with Crippen molar-refractivity contribution in [3.8, 4) is 11.5 Å². The molecule has 2 aromatic rings. The van der Waals surface area contributed by atoms with E-state index >= 15 is 0 Å². The van der Waals surface area contributed by atoms with Crippen molar-refractivity contribution in [1.29, 1.82) is 0 Å². The SMILES string of the molecule is CCCN1C(=O)N[C@H](Cc2nc(-c3cccnn3)no2)C1=O. The average Bonchev–Trinajstić information content (AvgIpc) is 3.09. The maximum absolute atomic E-state index is 12.1. The smallest absolute Gasteiger partial charge is 0.324 e. The Bertz CT molecular complexity index is 686. The summed E-state index contributed by atoms with van der Waals surface area (Å²) in [6.07, 6.45) is 2.40. The summed E-state index contributed by atoms with van der Waals surface area (Å²) in [5.41, 5.74) is 0.479. The number of aromatic nitrogens is 4. The summed E-state index contributed by atoms with van der Waals surface area (Å²) in [5.74, 6) is 0.286. The van der Waals surface area contributed by atoms with Crippen LogP contribution < -0.4 is 5.32 Å². The van der Waals surface area contributed by atoms with E-state index in [1.165, 1.54) is 4.90 Å². The Kier molecular flexibility index (Phi) is 3.77. The van der Waals surface area contributed by atoms with Gasteiger partial charge in [0.25, 0.3) is 5.91 Å². The van der Waals surface area contributed by atoms with E-state index in [4.69, 9.17) is 4.52 Å². The summed E-state index contributed by atoms with van der Waals surface area (Å²) >= 11 is 0. The quantitative estimate of drug-likeness (QED) is 0.795. The number of amides is 3. The molecule has 2 aromatic heterocycles. The highest BCUT2D eigenvalue weighted by atomic mass is 16.5. The van der Waals surface area contributed by atoms with Crippen molar-refractivity contribution < 1.29 is 14.1 Å². The van der Waals surface area contributed by atoms with E-state index in [9.17, 15) is 9.59 Å². The lowest BCUT2D eigenvalue weighted by Crippen LogP contribution is -2.33. The molecular formula is C13H14N6O3. The standard InChI is InChI=1S/C13H14N6O3/c1-2-6-19-12(20)9(15-13(19)21)7-10-16-11(18-22-10)8-4-3-5-14-17-8/h3-5,9H,2,6-7H2,1H3,(H,15,21)/t9-/m1/s1. The molecule has 0 saturated carbocycles. The van der Waals surface area contributed by atoms with Crippen LogP contribution in [0.25, 0.3) is 11.5 Å². The number of hydrogen-bond donors (Lipinski definition) is 1. The minimum atomic E-state index is -0.672. The van der Waals surface area contributed by atoms with Gasteiger partial charge in [-0.25, -0.2) is 4.79 Å². The van der Waals surface area contributed by atoms with Gasteiger partial charge in [0.1, 0.15) is 11.7 Å². The number of carbonyl (C=O) groups excluding carboxylic acids is 2. The number of rotatable bonds is 5. The van der Waals surface area contributed by atoms with Gasteiger partial charge < -0.3 is 9.84 Å². The minimum Gasteiger partial charge on any atom is -0.339 e. The lowest BCUT2D eigenvalue weighted by Gasteiger charge is -2.10. The van der Waals surface area contributed by atoms with Crippen LogP contribution in [0.2, 0.25) is 0 Å². The second-order valence-electron chi connectivity index (χ2n) is 4.82. The first-order chi connectivity index (χ1) is 10.7. The van der Waals surface area contributed by atoms with Gasteiger partial charge >= 0.3 is 6.03 Å². The van der Waals surface area contributed by atoms with Gasteiger partial charge in [-0.3, -0.25) is 9.69 Å². The molecule has 9 heteroatoms. The first-order valence-corrected chi connectivity index (χ1v) is 6.91. The summed E-state index contributed by atoms with van der Waals surface area (Å²) in [5, 5.41) is 14.0. The number of nitrogens with zero attached hydrogens (tertiary/aromatic N) is 5. The van der Waals surface area contributed by atoms with Crippen LogP contribution in [0, 0.1) is 0 Å². The van der Waals surface area contributed by atoms with Crippen LogP contribution in [0.5, 0.6) is 0 Å². The largest absolute Gasteiger partial charge is 0.339 e. The lowest BCUT2D eigenvalue weighted by atomic mass is 10.2. The van der Waals surface area contributed by atoms with Gasteiger partial charge in [-0.15, -0.1) is 5.10 Å². The second kappa shape index (κ2) is 5.88. The molecule has 114 valence electrons. The Labute approximate surface area is 125 Å². The van der Waals surface area contributed by atoms with Gasteiger partial charge in [-0.1, -0.05) is 12.1 Å². The van der Waals surface area contributed by atoms with Crippen molar-refractivity contribution in [2.45, 2.75) is 25.8 Å². The molecule has 1 aliphatic heterocycles. The van der Waals surface area contributed by atoms with Crippen LogP contribution in [0.4, 0.5) is 4.79 Å². The maximum Gasteiger partial charge on any atom is 0.324 e. The predicted molar refractivity (Wildman–Crippen MR) is 73.4 cm³/mol. The van der Waals surface area contributed by atoms with Gasteiger partial charge in [0.15, 0.2) is 0 Å². The summed E-state index contributed by atoms with van der Waals surface area (Å²) < 4.78 is 5.11. The molecule has 9 nitrogen and oxygen atoms in total. The van der Waals surface area contributed by atoms with Crippen LogP contribution >= 0.6 is 0 Å². The van der Waals surface area contributed by atoms with Gasteiger partial charge in [0.2, 0.25) is 11.7 Å². The Hall–Kier alpha value is -2.84. The molecule has 22 heavy (non-hydrogen) atoms. The van der Waals surface area contributed by atoms with Crippen molar-refractivity contribution >= 4 is 11.9 Å². The molecule has 3 rings (SSSR count). The zero-order valence-corrected chi connectivity index (χ0v) is 11.9. The van der Waals surface area contributed by atoms with Crippen LogP contribution in [0.3, 0.4) is 0 Å². The second-order valence-corrected chi connectivity index (χ2v) is 4.82. The van der Waals surface area contributed by atoms with Crippen LogP contribution in [-0.4, -0.2) is 49.8 Å². The van der Waals surface area contributed by atoms with E-state index < -0.39 is 6.04 Å². The highest BCUT2D eigenvalue weighted by Gasteiger charge is 2.38. The van der Waals surface area contributed by atoms with Crippen molar-refractivity contribution in [3.63, 3.8) is 0 Å². The van der Waals surface area contributed by atoms with E-state index in [1.54, 1.807) is 18.3 Å². The topological polar surface area (TPSA) is 114 Å². The zero-order valence-electron chi connectivity index (χ0n) is 11.9. The number of hydrogen-bond acceptors (Lipinski definition) is 7. The lowest BCUT2D eigenvalue weighted by molar-refractivity contribution is -0.127. The van der Waals surface area contributed by atoms with Crippen molar-refractivity contribution in [2.75, 3.05) is 6.54 Å². The molecule has 0 aromatic carbocycles. The Balaban J connectivity index is 1.71. The molecule has 3 amide bonds. The van der Waals surface area contributed by atoms with Crippen LogP contribution in [0.1, 0.15) is 19.2 Å². The van der Waals surface area contributed by atoms with Gasteiger partial charge in [0.05, 0.1) is 6.42 Å². The van der Waals surface area contributed by atoms with E-state index in [0.29, 0.717) is 24.5 Å². The average molecular weight is 302 g/mol. The van der Waals surface area contributed by atoms with Crippen molar-refractivity contribution in [2.24, 2.45) is 0 Å². The number of carbonyl (C=O) groups is 2. The molecule has 1 N–H and O–H groups in total. The fraction of sp³-hybridized carbons (Fsp3) is 0.385. The Morgan fingerprint density at radius 3 is 3.00 bits per heavy atom. The van der Waals surface area contributed by atoms with Crippen molar-refractivity contribution in [1.82, 2.24) is 30.6 Å². The van der Waals surface area contributed by atoms with E-state index in [-0.39, 0.29) is 24.2 Å². The van der Waals surface area contributed by atoms with Gasteiger partial charge in [-0.05, 0) is 18.6 Å². The molecule has 1 aliphatic rings. The number of nitrogens with one attached hydrogen (secondary N) is 1. The molecule has 0 unspecified atom stereocenters. The first-order valence-electron chi connectivity index (χ1n) is 6.91. The highest BCUT2D eigenvalue weighted by molar-refractivity contribution is 6.04. The molecule has 1 saturated heterocycles. The third-order valence-electron chi connectivity index (χ3n) is 3.20. The van der Waals surface area contributed by atoms with E-state index in [0.717, 1.165) is 0 Å². The number of imide groups is 1. The fourth-order valence-electron chi connectivity index (χ4n) is 2.19. The molecule has 0 radical (unpaired) electrons. The number of urea groups is 1. The Morgan fingerprint density at radius 2 is 2.27 bits per heavy atom. The molecule has 3 heterocycles. The summed E-state index contributed by atoms with van der Waals surface area (Å²) in [6.45, 7) is 2.30. The zero-order chi connectivity index (χ0) is 15.5. The summed E-state index contributed by atoms with van der Waals surface area (Å²) in [4.78, 5) is 29.2. The molecule has 1 atom stereocenters. The predicted octanol–water partition coefficient (Wildman–Crippen LogP) is 0.399. The minimum absolute atomic E-state index is 0.151. The first kappa shape index (κ1) is 14.1. The van der Waals surface area contributed by atoms with Gasteiger partial charge in [-0.2, -0.15) is 10.1 Å².